The zero-order chi connectivity index (χ0) is 12.3. The van der Waals surface area contributed by atoms with Gasteiger partial charge in [0, 0.05) is 19.1 Å². The van der Waals surface area contributed by atoms with Gasteiger partial charge in [0.15, 0.2) is 0 Å². The van der Waals surface area contributed by atoms with Crippen LogP contribution in [-0.2, 0) is 0 Å². The van der Waals surface area contributed by atoms with Crippen molar-refractivity contribution in [2.45, 2.75) is 29.9 Å². The lowest BCUT2D eigenvalue weighted by molar-refractivity contribution is -0.130. The standard InChI is InChI=1S/C10H18BrF3N2/c1-15(7-9(11)10(12,13)14)6-8-4-3-5-16(8)2/h8-9H,3-7H2,1-2H3. The van der Waals surface area contributed by atoms with Crippen molar-refractivity contribution in [3.8, 4) is 0 Å². The molecule has 1 saturated heterocycles. The van der Waals surface area contributed by atoms with Crippen LogP contribution < -0.4 is 0 Å². The van der Waals surface area contributed by atoms with Gasteiger partial charge >= 0.3 is 6.18 Å². The third-order valence-corrected chi connectivity index (χ3v) is 3.83. The van der Waals surface area contributed by atoms with Crippen molar-refractivity contribution >= 4 is 15.9 Å². The van der Waals surface area contributed by atoms with Crippen LogP contribution in [0.15, 0.2) is 0 Å². The molecule has 0 amide bonds. The van der Waals surface area contributed by atoms with Crippen LogP contribution in [-0.4, -0.2) is 60.6 Å². The van der Waals surface area contributed by atoms with E-state index in [1.54, 1.807) is 11.9 Å². The minimum Gasteiger partial charge on any atom is -0.303 e. The zero-order valence-corrected chi connectivity index (χ0v) is 11.2. The molecular weight excluding hydrogens is 285 g/mol. The lowest BCUT2D eigenvalue weighted by Crippen LogP contribution is -2.41. The molecule has 1 fully saturated rings. The third kappa shape index (κ3) is 4.22. The van der Waals surface area contributed by atoms with Gasteiger partial charge in [0.05, 0.1) is 0 Å². The van der Waals surface area contributed by atoms with Gasteiger partial charge in [0.1, 0.15) is 4.83 Å². The largest absolute Gasteiger partial charge is 0.402 e. The summed E-state index contributed by atoms with van der Waals surface area (Å²) in [5, 5.41) is 0. The minimum atomic E-state index is -4.16. The summed E-state index contributed by atoms with van der Waals surface area (Å²) in [4.78, 5) is 2.53. The fourth-order valence-corrected chi connectivity index (χ4v) is 2.52. The first-order valence-corrected chi connectivity index (χ1v) is 6.32. The summed E-state index contributed by atoms with van der Waals surface area (Å²) in [5.41, 5.74) is 0. The average molecular weight is 303 g/mol. The maximum atomic E-state index is 12.3. The molecule has 0 N–H and O–H groups in total. The summed E-state index contributed by atoms with van der Waals surface area (Å²) in [5.74, 6) is 0. The van der Waals surface area contributed by atoms with E-state index >= 15 is 0 Å². The van der Waals surface area contributed by atoms with E-state index in [4.69, 9.17) is 0 Å². The third-order valence-electron chi connectivity index (χ3n) is 3.02. The molecule has 0 aromatic heterocycles. The summed E-state index contributed by atoms with van der Waals surface area (Å²) in [6.45, 7) is 1.76. The molecule has 2 atom stereocenters. The van der Waals surface area contributed by atoms with E-state index in [0.29, 0.717) is 12.6 Å². The Morgan fingerprint density at radius 1 is 1.50 bits per heavy atom. The summed E-state index contributed by atoms with van der Waals surface area (Å²) >= 11 is 2.68. The second kappa shape index (κ2) is 5.69. The number of halogens is 4. The van der Waals surface area contributed by atoms with Crippen LogP contribution >= 0.6 is 15.9 Å². The van der Waals surface area contributed by atoms with E-state index in [1.165, 1.54) is 0 Å². The molecule has 2 nitrogen and oxygen atoms in total. The van der Waals surface area contributed by atoms with Crippen LogP contribution in [0.2, 0.25) is 0 Å². The molecule has 0 radical (unpaired) electrons. The molecule has 0 aromatic carbocycles. The molecule has 2 unspecified atom stereocenters. The molecule has 16 heavy (non-hydrogen) atoms. The van der Waals surface area contributed by atoms with Gasteiger partial charge in [-0.05, 0) is 33.5 Å². The van der Waals surface area contributed by atoms with Crippen LogP contribution in [0, 0.1) is 0 Å². The highest BCUT2D eigenvalue weighted by Gasteiger charge is 2.38. The van der Waals surface area contributed by atoms with Gasteiger partial charge in [-0.15, -0.1) is 0 Å². The Bertz CT molecular complexity index is 219. The van der Waals surface area contributed by atoms with E-state index < -0.39 is 11.0 Å². The normalized spacial score (nSPS) is 25.3. The summed E-state index contributed by atoms with van der Waals surface area (Å²) < 4.78 is 36.9. The van der Waals surface area contributed by atoms with Gasteiger partial charge in [-0.2, -0.15) is 13.2 Å². The molecule has 0 aliphatic carbocycles. The highest BCUT2D eigenvalue weighted by atomic mass is 79.9. The first-order chi connectivity index (χ1) is 7.30. The van der Waals surface area contributed by atoms with Crippen LogP contribution in [0.5, 0.6) is 0 Å². The van der Waals surface area contributed by atoms with E-state index in [2.05, 4.69) is 20.8 Å². The smallest absolute Gasteiger partial charge is 0.303 e. The van der Waals surface area contributed by atoms with Gasteiger partial charge in [0.25, 0.3) is 0 Å². The highest BCUT2D eigenvalue weighted by molar-refractivity contribution is 9.09. The summed E-state index contributed by atoms with van der Waals surface area (Å²) in [7, 11) is 3.77. The first kappa shape index (κ1) is 14.3. The fourth-order valence-electron chi connectivity index (χ4n) is 2.02. The van der Waals surface area contributed by atoms with Crippen molar-refractivity contribution in [3.05, 3.63) is 0 Å². The molecule has 1 aliphatic heterocycles. The predicted octanol–water partition coefficient (Wildman–Crippen LogP) is 2.34. The first-order valence-electron chi connectivity index (χ1n) is 5.40. The van der Waals surface area contributed by atoms with Crippen LogP contribution in [0.1, 0.15) is 12.8 Å². The Morgan fingerprint density at radius 2 is 2.12 bits per heavy atom. The Balaban J connectivity index is 2.33. The van der Waals surface area contributed by atoms with Crippen molar-refractivity contribution in [2.24, 2.45) is 0 Å². The number of nitrogens with zero attached hydrogens (tertiary/aromatic N) is 2. The van der Waals surface area contributed by atoms with Gasteiger partial charge in [-0.3, -0.25) is 0 Å². The molecule has 0 spiro atoms. The Hall–Kier alpha value is 0.190. The minimum absolute atomic E-state index is 0.00778. The fraction of sp³-hybridized carbons (Fsp3) is 1.00. The molecular formula is C10H18BrF3N2. The quantitative estimate of drug-likeness (QED) is 0.736. The van der Waals surface area contributed by atoms with E-state index in [9.17, 15) is 13.2 Å². The van der Waals surface area contributed by atoms with Gasteiger partial charge in [-0.1, -0.05) is 15.9 Å². The van der Waals surface area contributed by atoms with Gasteiger partial charge < -0.3 is 9.80 Å². The molecule has 96 valence electrons. The Morgan fingerprint density at radius 3 is 2.56 bits per heavy atom. The summed E-state index contributed by atoms with van der Waals surface area (Å²) in [6.07, 6.45) is -1.93. The molecule has 0 aromatic rings. The number of hydrogen-bond donors (Lipinski definition) is 0. The predicted molar refractivity (Wildman–Crippen MR) is 61.9 cm³/mol. The maximum absolute atomic E-state index is 12.3. The molecule has 1 aliphatic rings. The van der Waals surface area contributed by atoms with Crippen molar-refractivity contribution in [1.29, 1.82) is 0 Å². The number of likely N-dealkylation sites (tertiary alicyclic amines) is 1. The topological polar surface area (TPSA) is 6.48 Å². The molecule has 1 rings (SSSR count). The zero-order valence-electron chi connectivity index (χ0n) is 9.60. The second-order valence-corrected chi connectivity index (χ2v) is 5.61. The molecule has 0 saturated carbocycles. The number of rotatable bonds is 4. The van der Waals surface area contributed by atoms with E-state index in [0.717, 1.165) is 19.4 Å². The van der Waals surface area contributed by atoms with Crippen molar-refractivity contribution < 1.29 is 13.2 Å². The van der Waals surface area contributed by atoms with Gasteiger partial charge in [0.2, 0.25) is 0 Å². The monoisotopic (exact) mass is 302 g/mol. The molecule has 1 heterocycles. The lowest BCUT2D eigenvalue weighted by Gasteiger charge is -2.27. The SMILES string of the molecule is CN(CC1CCCN1C)CC(Br)C(F)(F)F. The van der Waals surface area contributed by atoms with Crippen molar-refractivity contribution in [3.63, 3.8) is 0 Å². The van der Waals surface area contributed by atoms with Crippen LogP contribution in [0.3, 0.4) is 0 Å². The van der Waals surface area contributed by atoms with Crippen molar-refractivity contribution in [2.75, 3.05) is 33.7 Å². The average Bonchev–Trinajstić information content (AvgIpc) is 2.50. The van der Waals surface area contributed by atoms with Crippen LogP contribution in [0.25, 0.3) is 0 Å². The van der Waals surface area contributed by atoms with Crippen molar-refractivity contribution in [1.82, 2.24) is 9.80 Å². The molecule has 6 heteroatoms. The number of alkyl halides is 4. The van der Waals surface area contributed by atoms with Gasteiger partial charge in [-0.25, -0.2) is 0 Å². The van der Waals surface area contributed by atoms with E-state index in [1.807, 2.05) is 7.05 Å². The summed E-state index contributed by atoms with van der Waals surface area (Å²) in [6, 6.07) is 0.401. The number of hydrogen-bond acceptors (Lipinski definition) is 2. The Labute approximate surface area is 103 Å². The second-order valence-electron chi connectivity index (χ2n) is 4.51. The van der Waals surface area contributed by atoms with Crippen LogP contribution in [0.4, 0.5) is 13.2 Å². The lowest BCUT2D eigenvalue weighted by atomic mass is 10.2. The Kier molecular flexibility index (Phi) is 5.07. The maximum Gasteiger partial charge on any atom is 0.402 e. The number of likely N-dealkylation sites (N-methyl/N-ethyl adjacent to an activating group) is 2. The highest BCUT2D eigenvalue weighted by Crippen LogP contribution is 2.27. The van der Waals surface area contributed by atoms with E-state index in [-0.39, 0.29) is 6.54 Å². The molecule has 0 bridgehead atoms.